The minimum atomic E-state index is -0.166. The minimum Gasteiger partial charge on any atom is -0.334 e. The highest BCUT2D eigenvalue weighted by Gasteiger charge is 2.11. The standard InChI is InChI=1S/C18H19N3O2S/c1-12-7-8-14(24-12)11-21(2)18(23)19-10-13-9-17(22)20-16-6-4-3-5-15(13)16/h3-9H,10-11H2,1-2H3,(H,19,23)(H,20,22). The molecule has 0 atom stereocenters. The van der Waals surface area contributed by atoms with Crippen LogP contribution in [0.3, 0.4) is 0 Å². The molecule has 0 fully saturated rings. The van der Waals surface area contributed by atoms with E-state index in [4.69, 9.17) is 0 Å². The number of aromatic nitrogens is 1. The van der Waals surface area contributed by atoms with Gasteiger partial charge in [0.15, 0.2) is 0 Å². The summed E-state index contributed by atoms with van der Waals surface area (Å²) < 4.78 is 0. The maximum atomic E-state index is 12.3. The molecule has 0 bridgehead atoms. The molecule has 0 saturated carbocycles. The van der Waals surface area contributed by atoms with Gasteiger partial charge >= 0.3 is 6.03 Å². The fourth-order valence-corrected chi connectivity index (χ4v) is 3.55. The average Bonchev–Trinajstić information content (AvgIpc) is 2.97. The highest BCUT2D eigenvalue weighted by atomic mass is 32.1. The number of amides is 2. The van der Waals surface area contributed by atoms with E-state index in [1.54, 1.807) is 23.3 Å². The number of thiophene rings is 1. The van der Waals surface area contributed by atoms with Crippen LogP contribution in [0.2, 0.25) is 0 Å². The zero-order valence-electron chi connectivity index (χ0n) is 13.6. The van der Waals surface area contributed by atoms with Crippen LogP contribution in [-0.2, 0) is 13.1 Å². The van der Waals surface area contributed by atoms with Crippen molar-refractivity contribution in [1.82, 2.24) is 15.2 Å². The SMILES string of the molecule is Cc1ccc(CN(C)C(=O)NCc2cc(=O)[nH]c3ccccc23)s1. The van der Waals surface area contributed by atoms with E-state index in [2.05, 4.69) is 10.3 Å². The monoisotopic (exact) mass is 341 g/mol. The summed E-state index contributed by atoms with van der Waals surface area (Å²) in [6.45, 7) is 2.93. The molecule has 0 spiro atoms. The number of hydrogen-bond donors (Lipinski definition) is 2. The van der Waals surface area contributed by atoms with Crippen LogP contribution >= 0.6 is 11.3 Å². The second-order valence-corrected chi connectivity index (χ2v) is 7.10. The maximum Gasteiger partial charge on any atom is 0.317 e. The van der Waals surface area contributed by atoms with Gasteiger partial charge in [-0.15, -0.1) is 11.3 Å². The lowest BCUT2D eigenvalue weighted by atomic mass is 10.1. The van der Waals surface area contributed by atoms with Gasteiger partial charge in [-0.25, -0.2) is 4.79 Å². The first-order chi connectivity index (χ1) is 11.5. The van der Waals surface area contributed by atoms with Crippen LogP contribution in [0.15, 0.2) is 47.3 Å². The lowest BCUT2D eigenvalue weighted by Crippen LogP contribution is -2.36. The van der Waals surface area contributed by atoms with E-state index in [1.807, 2.05) is 43.3 Å². The number of urea groups is 1. The minimum absolute atomic E-state index is 0.162. The van der Waals surface area contributed by atoms with Crippen molar-refractivity contribution in [2.45, 2.75) is 20.0 Å². The molecular weight excluding hydrogens is 322 g/mol. The van der Waals surface area contributed by atoms with E-state index in [0.717, 1.165) is 21.3 Å². The van der Waals surface area contributed by atoms with Gasteiger partial charge in [0.05, 0.1) is 6.54 Å². The van der Waals surface area contributed by atoms with Crippen LogP contribution in [-0.4, -0.2) is 23.0 Å². The predicted octanol–water partition coefficient (Wildman–Crippen LogP) is 3.24. The van der Waals surface area contributed by atoms with Crippen LogP contribution in [0, 0.1) is 6.92 Å². The lowest BCUT2D eigenvalue weighted by Gasteiger charge is -2.17. The van der Waals surface area contributed by atoms with Gasteiger partial charge in [0.25, 0.3) is 0 Å². The number of aromatic amines is 1. The summed E-state index contributed by atoms with van der Waals surface area (Å²) in [6.07, 6.45) is 0. The topological polar surface area (TPSA) is 65.2 Å². The first kappa shape index (κ1) is 16.3. The number of carbonyl (C=O) groups excluding carboxylic acids is 1. The van der Waals surface area contributed by atoms with Crippen LogP contribution in [0.5, 0.6) is 0 Å². The molecule has 2 heterocycles. The largest absolute Gasteiger partial charge is 0.334 e. The summed E-state index contributed by atoms with van der Waals surface area (Å²) in [7, 11) is 1.76. The molecule has 0 aliphatic rings. The molecule has 1 aromatic carbocycles. The molecule has 2 N–H and O–H groups in total. The fourth-order valence-electron chi connectivity index (χ4n) is 2.60. The summed E-state index contributed by atoms with van der Waals surface area (Å²) in [5.41, 5.74) is 1.42. The third-order valence-electron chi connectivity index (χ3n) is 3.80. The van der Waals surface area contributed by atoms with Crippen molar-refractivity contribution in [3.8, 4) is 0 Å². The Hall–Kier alpha value is -2.60. The first-order valence-electron chi connectivity index (χ1n) is 7.68. The number of rotatable bonds is 4. The molecule has 0 aliphatic carbocycles. The Morgan fingerprint density at radius 2 is 2.04 bits per heavy atom. The van der Waals surface area contributed by atoms with Crippen LogP contribution in [0.25, 0.3) is 10.9 Å². The number of aryl methyl sites for hydroxylation is 1. The Labute approximate surface area is 143 Å². The van der Waals surface area contributed by atoms with Crippen LogP contribution < -0.4 is 10.9 Å². The van der Waals surface area contributed by atoms with E-state index < -0.39 is 0 Å². The third-order valence-corrected chi connectivity index (χ3v) is 4.79. The summed E-state index contributed by atoms with van der Waals surface area (Å²) in [4.78, 5) is 30.8. The van der Waals surface area contributed by atoms with Gasteiger partial charge in [-0.05, 0) is 30.7 Å². The number of nitrogens with one attached hydrogen (secondary N) is 2. The Morgan fingerprint density at radius 1 is 1.25 bits per heavy atom. The molecule has 0 radical (unpaired) electrons. The smallest absolute Gasteiger partial charge is 0.317 e. The van der Waals surface area contributed by atoms with Gasteiger partial charge in [0.2, 0.25) is 5.56 Å². The molecule has 0 unspecified atom stereocenters. The van der Waals surface area contributed by atoms with Gasteiger partial charge in [-0.1, -0.05) is 18.2 Å². The number of pyridine rings is 1. The number of H-pyrrole nitrogens is 1. The lowest BCUT2D eigenvalue weighted by molar-refractivity contribution is 0.207. The van der Waals surface area contributed by atoms with Gasteiger partial charge in [0.1, 0.15) is 0 Å². The van der Waals surface area contributed by atoms with Gasteiger partial charge in [0, 0.05) is 40.3 Å². The number of para-hydroxylation sites is 1. The number of fused-ring (bicyclic) bond motifs is 1. The van der Waals surface area contributed by atoms with Crippen LogP contribution in [0.4, 0.5) is 4.79 Å². The molecule has 0 saturated heterocycles. The van der Waals surface area contributed by atoms with E-state index >= 15 is 0 Å². The third kappa shape index (κ3) is 3.65. The van der Waals surface area contributed by atoms with Crippen molar-refractivity contribution in [2.24, 2.45) is 0 Å². The number of hydrogen-bond acceptors (Lipinski definition) is 3. The van der Waals surface area contributed by atoms with Crippen molar-refractivity contribution < 1.29 is 4.79 Å². The Kier molecular flexibility index (Phi) is 4.66. The summed E-state index contributed by atoms with van der Waals surface area (Å²) in [5, 5.41) is 3.82. The highest BCUT2D eigenvalue weighted by Crippen LogP contribution is 2.17. The number of carbonyl (C=O) groups is 1. The Balaban J connectivity index is 1.69. The van der Waals surface area contributed by atoms with Crippen molar-refractivity contribution in [3.63, 3.8) is 0 Å². The first-order valence-corrected chi connectivity index (χ1v) is 8.50. The van der Waals surface area contributed by atoms with Crippen molar-refractivity contribution in [2.75, 3.05) is 7.05 Å². The fraction of sp³-hybridized carbons (Fsp3) is 0.222. The van der Waals surface area contributed by atoms with Crippen molar-refractivity contribution in [1.29, 1.82) is 0 Å². The molecule has 3 rings (SSSR count). The molecule has 0 aliphatic heterocycles. The molecule has 3 aromatic rings. The average molecular weight is 341 g/mol. The maximum absolute atomic E-state index is 12.3. The summed E-state index contributed by atoms with van der Waals surface area (Å²) in [5.74, 6) is 0. The number of nitrogens with zero attached hydrogens (tertiary/aromatic N) is 1. The molecule has 124 valence electrons. The normalized spacial score (nSPS) is 10.8. The van der Waals surface area contributed by atoms with E-state index in [9.17, 15) is 9.59 Å². The van der Waals surface area contributed by atoms with Crippen molar-refractivity contribution >= 4 is 28.3 Å². The van der Waals surface area contributed by atoms with Gasteiger partial charge < -0.3 is 15.2 Å². The summed E-state index contributed by atoms with van der Waals surface area (Å²) in [6, 6.07) is 13.0. The van der Waals surface area contributed by atoms with Gasteiger partial charge in [-0.3, -0.25) is 4.79 Å². The second-order valence-electron chi connectivity index (χ2n) is 5.73. The highest BCUT2D eigenvalue weighted by molar-refractivity contribution is 7.11. The van der Waals surface area contributed by atoms with E-state index in [-0.39, 0.29) is 11.6 Å². The molecule has 6 heteroatoms. The van der Waals surface area contributed by atoms with Crippen LogP contribution in [0.1, 0.15) is 15.3 Å². The second kappa shape index (κ2) is 6.88. The molecule has 2 amide bonds. The Morgan fingerprint density at radius 3 is 2.79 bits per heavy atom. The van der Waals surface area contributed by atoms with Crippen molar-refractivity contribution in [3.05, 3.63) is 68.1 Å². The molecule has 5 nitrogen and oxygen atoms in total. The van der Waals surface area contributed by atoms with E-state index in [0.29, 0.717) is 13.1 Å². The van der Waals surface area contributed by atoms with E-state index in [1.165, 1.54) is 10.9 Å². The quantitative estimate of drug-likeness (QED) is 0.765. The summed E-state index contributed by atoms with van der Waals surface area (Å²) >= 11 is 1.68. The predicted molar refractivity (Wildman–Crippen MR) is 97.3 cm³/mol. The number of benzene rings is 1. The molecule has 2 aromatic heterocycles. The van der Waals surface area contributed by atoms with Gasteiger partial charge in [-0.2, -0.15) is 0 Å². The molecular formula is C18H19N3O2S. The molecule has 24 heavy (non-hydrogen) atoms. The zero-order chi connectivity index (χ0) is 17.1. The zero-order valence-corrected chi connectivity index (χ0v) is 14.4. The Bertz CT molecular complexity index is 929.